The Morgan fingerprint density at radius 1 is 1.38 bits per heavy atom. The van der Waals surface area contributed by atoms with E-state index in [1.807, 2.05) is 25.1 Å². The van der Waals surface area contributed by atoms with Crippen molar-refractivity contribution in [3.8, 4) is 0 Å². The van der Waals surface area contributed by atoms with E-state index in [0.29, 0.717) is 18.4 Å². The fraction of sp³-hybridized carbons (Fsp3) is 0.588. The van der Waals surface area contributed by atoms with E-state index in [-0.39, 0.29) is 12.0 Å². The molecule has 0 spiro atoms. The minimum absolute atomic E-state index is 0.0225. The van der Waals surface area contributed by atoms with E-state index in [0.717, 1.165) is 30.8 Å². The van der Waals surface area contributed by atoms with Gasteiger partial charge in [-0.3, -0.25) is 9.69 Å². The summed E-state index contributed by atoms with van der Waals surface area (Å²) in [6, 6.07) is 7.95. The maximum absolute atomic E-state index is 12.2. The van der Waals surface area contributed by atoms with E-state index >= 15 is 0 Å². The Labute approximate surface area is 127 Å². The number of rotatable bonds is 5. The normalized spacial score (nSPS) is 20.7. The zero-order valence-corrected chi connectivity index (χ0v) is 13.2. The molecule has 1 saturated heterocycles. The molecule has 2 N–H and O–H groups in total. The zero-order valence-electron chi connectivity index (χ0n) is 13.2. The van der Waals surface area contributed by atoms with Crippen LogP contribution < -0.4 is 5.32 Å². The van der Waals surface area contributed by atoms with Crippen LogP contribution in [-0.2, 0) is 4.79 Å². The second kappa shape index (κ2) is 7.05. The van der Waals surface area contributed by atoms with Gasteiger partial charge in [-0.25, -0.2) is 0 Å². The lowest BCUT2D eigenvalue weighted by atomic mass is 10.0. The summed E-state index contributed by atoms with van der Waals surface area (Å²) in [4.78, 5) is 14.3. The number of benzene rings is 1. The van der Waals surface area contributed by atoms with Crippen molar-refractivity contribution in [3.05, 3.63) is 29.8 Å². The number of amides is 1. The molecule has 1 aromatic carbocycles. The van der Waals surface area contributed by atoms with E-state index in [1.165, 1.54) is 0 Å². The summed E-state index contributed by atoms with van der Waals surface area (Å²) in [6.07, 6.45) is 0.674. The number of hydrogen-bond donors (Lipinski definition) is 2. The number of carbonyl (C=O) groups is 1. The zero-order chi connectivity index (χ0) is 15.4. The average Bonchev–Trinajstić information content (AvgIpc) is 2.87. The van der Waals surface area contributed by atoms with Gasteiger partial charge in [0.1, 0.15) is 0 Å². The van der Waals surface area contributed by atoms with Gasteiger partial charge >= 0.3 is 0 Å². The van der Waals surface area contributed by atoms with Crippen molar-refractivity contribution in [2.75, 3.05) is 25.0 Å². The quantitative estimate of drug-likeness (QED) is 0.876. The van der Waals surface area contributed by atoms with Crippen LogP contribution in [-0.4, -0.2) is 41.7 Å². The van der Waals surface area contributed by atoms with Gasteiger partial charge in [0, 0.05) is 12.2 Å². The van der Waals surface area contributed by atoms with Gasteiger partial charge in [-0.15, -0.1) is 0 Å². The molecule has 4 heteroatoms. The molecule has 0 bridgehead atoms. The van der Waals surface area contributed by atoms with Crippen LogP contribution in [0.3, 0.4) is 0 Å². The van der Waals surface area contributed by atoms with E-state index in [4.69, 9.17) is 0 Å². The molecule has 0 aromatic heterocycles. The Hall–Kier alpha value is -1.39. The molecule has 1 aliphatic heterocycles. The first-order chi connectivity index (χ1) is 9.97. The molecule has 2 rings (SSSR count). The first kappa shape index (κ1) is 16.0. The molecule has 1 heterocycles. The maximum Gasteiger partial charge on any atom is 0.238 e. The number of carbonyl (C=O) groups excluding carboxylic acids is 1. The molecule has 1 fully saturated rings. The molecule has 0 aliphatic carbocycles. The van der Waals surface area contributed by atoms with Crippen molar-refractivity contribution >= 4 is 11.6 Å². The Balaban J connectivity index is 1.91. The van der Waals surface area contributed by atoms with Gasteiger partial charge in [0.25, 0.3) is 0 Å². The third kappa shape index (κ3) is 4.29. The van der Waals surface area contributed by atoms with Crippen LogP contribution in [0, 0.1) is 5.92 Å². The summed E-state index contributed by atoms with van der Waals surface area (Å²) in [5.41, 5.74) is 2.07. The lowest BCUT2D eigenvalue weighted by Gasteiger charge is -2.18. The number of para-hydroxylation sites is 1. The molecular formula is C17H26N2O2. The number of anilines is 1. The van der Waals surface area contributed by atoms with Crippen LogP contribution in [0.15, 0.2) is 24.3 Å². The summed E-state index contributed by atoms with van der Waals surface area (Å²) in [7, 11) is 0. The fourth-order valence-corrected chi connectivity index (χ4v) is 2.91. The SMILES string of the molecule is CC(C)c1ccccc1NC(=O)CN1CCC(C(C)O)C1. The molecule has 116 valence electrons. The van der Waals surface area contributed by atoms with Crippen molar-refractivity contribution in [2.45, 2.75) is 39.2 Å². The maximum atomic E-state index is 12.2. The van der Waals surface area contributed by atoms with Gasteiger partial charge < -0.3 is 10.4 Å². The lowest BCUT2D eigenvalue weighted by molar-refractivity contribution is -0.117. The Morgan fingerprint density at radius 2 is 2.10 bits per heavy atom. The van der Waals surface area contributed by atoms with Gasteiger partial charge in [-0.2, -0.15) is 0 Å². The molecule has 1 aromatic rings. The summed E-state index contributed by atoms with van der Waals surface area (Å²) in [6.45, 7) is 8.16. The molecule has 1 amide bonds. The molecular weight excluding hydrogens is 264 g/mol. The third-order valence-electron chi connectivity index (χ3n) is 4.22. The van der Waals surface area contributed by atoms with Crippen LogP contribution in [0.2, 0.25) is 0 Å². The van der Waals surface area contributed by atoms with Gasteiger partial charge in [-0.1, -0.05) is 32.0 Å². The second-order valence-corrected chi connectivity index (χ2v) is 6.31. The van der Waals surface area contributed by atoms with Gasteiger partial charge in [0.05, 0.1) is 12.6 Å². The van der Waals surface area contributed by atoms with Crippen LogP contribution in [0.25, 0.3) is 0 Å². The first-order valence-corrected chi connectivity index (χ1v) is 7.76. The number of nitrogens with one attached hydrogen (secondary N) is 1. The van der Waals surface area contributed by atoms with Crippen molar-refractivity contribution in [2.24, 2.45) is 5.92 Å². The highest BCUT2D eigenvalue weighted by Gasteiger charge is 2.27. The van der Waals surface area contributed by atoms with Crippen molar-refractivity contribution in [1.29, 1.82) is 0 Å². The fourth-order valence-electron chi connectivity index (χ4n) is 2.91. The molecule has 2 unspecified atom stereocenters. The molecule has 2 atom stereocenters. The predicted molar refractivity (Wildman–Crippen MR) is 85.4 cm³/mol. The van der Waals surface area contributed by atoms with Crippen LogP contribution >= 0.6 is 0 Å². The third-order valence-corrected chi connectivity index (χ3v) is 4.22. The highest BCUT2D eigenvalue weighted by Crippen LogP contribution is 2.24. The highest BCUT2D eigenvalue weighted by atomic mass is 16.3. The molecule has 0 saturated carbocycles. The summed E-state index contributed by atoms with van der Waals surface area (Å²) >= 11 is 0. The van der Waals surface area contributed by atoms with E-state index in [9.17, 15) is 9.90 Å². The van der Waals surface area contributed by atoms with Crippen LogP contribution in [0.4, 0.5) is 5.69 Å². The number of aliphatic hydroxyl groups is 1. The summed E-state index contributed by atoms with van der Waals surface area (Å²) in [5.74, 6) is 0.697. The number of aliphatic hydroxyl groups excluding tert-OH is 1. The Kier molecular flexibility index (Phi) is 5.37. The van der Waals surface area contributed by atoms with Gasteiger partial charge in [-0.05, 0) is 43.4 Å². The number of nitrogens with zero attached hydrogens (tertiary/aromatic N) is 1. The van der Waals surface area contributed by atoms with E-state index in [1.54, 1.807) is 0 Å². The number of hydrogen-bond acceptors (Lipinski definition) is 3. The second-order valence-electron chi connectivity index (χ2n) is 6.31. The number of likely N-dealkylation sites (tertiary alicyclic amines) is 1. The Morgan fingerprint density at radius 3 is 2.71 bits per heavy atom. The molecule has 4 nitrogen and oxygen atoms in total. The molecule has 1 aliphatic rings. The van der Waals surface area contributed by atoms with Crippen molar-refractivity contribution < 1.29 is 9.90 Å². The average molecular weight is 290 g/mol. The smallest absolute Gasteiger partial charge is 0.238 e. The topological polar surface area (TPSA) is 52.6 Å². The largest absolute Gasteiger partial charge is 0.393 e. The molecule has 21 heavy (non-hydrogen) atoms. The standard InChI is InChI=1S/C17H26N2O2/c1-12(2)15-6-4-5-7-16(15)18-17(21)11-19-9-8-14(10-19)13(3)20/h4-7,12-14,20H,8-11H2,1-3H3,(H,18,21). The predicted octanol–water partition coefficient (Wildman–Crippen LogP) is 2.45. The van der Waals surface area contributed by atoms with Crippen LogP contribution in [0.5, 0.6) is 0 Å². The van der Waals surface area contributed by atoms with Crippen molar-refractivity contribution in [3.63, 3.8) is 0 Å². The van der Waals surface area contributed by atoms with E-state index < -0.39 is 0 Å². The first-order valence-electron chi connectivity index (χ1n) is 7.76. The monoisotopic (exact) mass is 290 g/mol. The van der Waals surface area contributed by atoms with Crippen LogP contribution in [0.1, 0.15) is 38.7 Å². The highest BCUT2D eigenvalue weighted by molar-refractivity contribution is 5.93. The molecule has 0 radical (unpaired) electrons. The summed E-state index contributed by atoms with van der Waals surface area (Å²) < 4.78 is 0. The minimum atomic E-state index is -0.292. The van der Waals surface area contributed by atoms with Gasteiger partial charge in [0.2, 0.25) is 5.91 Å². The Bertz CT molecular complexity index is 485. The van der Waals surface area contributed by atoms with Gasteiger partial charge in [0.15, 0.2) is 0 Å². The van der Waals surface area contributed by atoms with Crippen molar-refractivity contribution in [1.82, 2.24) is 4.90 Å². The van der Waals surface area contributed by atoms with E-state index in [2.05, 4.69) is 30.1 Å². The summed E-state index contributed by atoms with van der Waals surface area (Å²) in [5, 5.41) is 12.6. The minimum Gasteiger partial charge on any atom is -0.393 e. The lowest BCUT2D eigenvalue weighted by Crippen LogP contribution is -2.32.